The van der Waals surface area contributed by atoms with Crippen LogP contribution in [-0.2, 0) is 7.05 Å². The van der Waals surface area contributed by atoms with E-state index in [0.29, 0.717) is 17.2 Å². The van der Waals surface area contributed by atoms with Gasteiger partial charge in [0.15, 0.2) is 0 Å². The maximum absolute atomic E-state index is 12.7. The van der Waals surface area contributed by atoms with Gasteiger partial charge in [-0.2, -0.15) is 0 Å². The van der Waals surface area contributed by atoms with Gasteiger partial charge in [-0.3, -0.25) is 9.36 Å². The Morgan fingerprint density at radius 3 is 2.41 bits per heavy atom. The van der Waals surface area contributed by atoms with Crippen LogP contribution < -0.4 is 15.4 Å². The summed E-state index contributed by atoms with van der Waals surface area (Å²) in [6.07, 6.45) is 1.83. The number of benzene rings is 1. The molecule has 0 spiro atoms. The van der Waals surface area contributed by atoms with Gasteiger partial charge in [-0.25, -0.2) is 15.0 Å². The van der Waals surface area contributed by atoms with Gasteiger partial charge in [-0.1, -0.05) is 12.1 Å². The van der Waals surface area contributed by atoms with Gasteiger partial charge >= 0.3 is 0 Å². The van der Waals surface area contributed by atoms with Crippen molar-refractivity contribution >= 4 is 22.8 Å². The van der Waals surface area contributed by atoms with Crippen LogP contribution in [-0.4, -0.2) is 45.7 Å². The highest BCUT2D eigenvalue weighted by Crippen LogP contribution is 2.34. The molecule has 2 saturated heterocycles. The summed E-state index contributed by atoms with van der Waals surface area (Å²) in [7, 11) is 1.82. The molecule has 5 rings (SSSR count). The maximum atomic E-state index is 12.7. The van der Waals surface area contributed by atoms with Crippen LogP contribution in [0, 0.1) is 18.8 Å². The summed E-state index contributed by atoms with van der Waals surface area (Å²) >= 11 is 0. The van der Waals surface area contributed by atoms with Gasteiger partial charge in [-0.05, 0) is 25.1 Å². The number of nitrogens with zero attached hydrogens (tertiary/aromatic N) is 6. The Morgan fingerprint density at radius 1 is 0.963 bits per heavy atom. The fourth-order valence-electron chi connectivity index (χ4n) is 4.40. The number of aromatic nitrogens is 4. The molecule has 0 bridgehead atoms. The Kier molecular flexibility index (Phi) is 3.63. The van der Waals surface area contributed by atoms with Crippen molar-refractivity contribution < 1.29 is 0 Å². The SMILES string of the molecule is Cc1ccnc(N2CC3CN(c4nc5ccccc5c(=O)n4C)CC3C2)n1. The zero-order valence-corrected chi connectivity index (χ0v) is 15.5. The number of rotatable bonds is 2. The van der Waals surface area contributed by atoms with Crippen molar-refractivity contribution in [3.05, 3.63) is 52.6 Å². The van der Waals surface area contributed by atoms with E-state index in [9.17, 15) is 4.79 Å². The van der Waals surface area contributed by atoms with Gasteiger partial charge in [-0.15, -0.1) is 0 Å². The van der Waals surface area contributed by atoms with E-state index in [1.807, 2.05) is 50.5 Å². The zero-order chi connectivity index (χ0) is 18.5. The molecule has 138 valence electrons. The highest BCUT2D eigenvalue weighted by atomic mass is 16.1. The van der Waals surface area contributed by atoms with Crippen LogP contribution >= 0.6 is 0 Å². The van der Waals surface area contributed by atoms with Crippen molar-refractivity contribution in [2.45, 2.75) is 6.92 Å². The Balaban J connectivity index is 1.40. The molecule has 0 saturated carbocycles. The van der Waals surface area contributed by atoms with E-state index in [0.717, 1.165) is 49.3 Å². The first-order valence-corrected chi connectivity index (χ1v) is 9.35. The predicted molar refractivity (Wildman–Crippen MR) is 105 cm³/mol. The number of para-hydroxylation sites is 1. The van der Waals surface area contributed by atoms with Crippen LogP contribution in [0.5, 0.6) is 0 Å². The highest BCUT2D eigenvalue weighted by Gasteiger charge is 2.41. The van der Waals surface area contributed by atoms with Crippen molar-refractivity contribution in [2.24, 2.45) is 18.9 Å². The van der Waals surface area contributed by atoms with Crippen molar-refractivity contribution in [1.82, 2.24) is 19.5 Å². The van der Waals surface area contributed by atoms with E-state index in [1.165, 1.54) is 0 Å². The minimum atomic E-state index is 0.0162. The molecule has 3 aromatic rings. The summed E-state index contributed by atoms with van der Waals surface area (Å²) in [4.78, 5) is 31.0. The highest BCUT2D eigenvalue weighted by molar-refractivity contribution is 5.78. The van der Waals surface area contributed by atoms with E-state index >= 15 is 0 Å². The van der Waals surface area contributed by atoms with E-state index in [1.54, 1.807) is 4.57 Å². The molecule has 2 aliphatic heterocycles. The van der Waals surface area contributed by atoms with Gasteiger partial charge in [0.25, 0.3) is 5.56 Å². The molecule has 4 heterocycles. The lowest BCUT2D eigenvalue weighted by Crippen LogP contribution is -2.34. The van der Waals surface area contributed by atoms with Gasteiger partial charge < -0.3 is 9.80 Å². The standard InChI is InChI=1S/C20H22N6O/c1-13-7-8-21-19(22-13)25-9-14-11-26(12-15(14)10-25)20-23-17-6-4-3-5-16(17)18(27)24(20)2/h3-8,14-15H,9-12H2,1-2H3. The third-order valence-electron chi connectivity index (χ3n) is 5.79. The Hall–Kier alpha value is -2.96. The first-order chi connectivity index (χ1) is 13.1. The van der Waals surface area contributed by atoms with Gasteiger partial charge in [0.1, 0.15) is 0 Å². The van der Waals surface area contributed by atoms with Gasteiger partial charge in [0.05, 0.1) is 10.9 Å². The fourth-order valence-corrected chi connectivity index (χ4v) is 4.40. The predicted octanol–water partition coefficient (Wildman–Crippen LogP) is 1.60. The summed E-state index contributed by atoms with van der Waals surface area (Å²) in [5.41, 5.74) is 1.78. The number of aryl methyl sites for hydroxylation is 1. The lowest BCUT2D eigenvalue weighted by atomic mass is 10.0. The van der Waals surface area contributed by atoms with Crippen LogP contribution in [0.25, 0.3) is 10.9 Å². The maximum Gasteiger partial charge on any atom is 0.262 e. The van der Waals surface area contributed by atoms with Crippen LogP contribution in [0.15, 0.2) is 41.3 Å². The zero-order valence-electron chi connectivity index (χ0n) is 15.5. The average Bonchev–Trinajstić information content (AvgIpc) is 3.24. The molecular formula is C20H22N6O. The van der Waals surface area contributed by atoms with Crippen LogP contribution in [0.1, 0.15) is 5.69 Å². The van der Waals surface area contributed by atoms with Crippen LogP contribution in [0.4, 0.5) is 11.9 Å². The molecule has 0 amide bonds. The van der Waals surface area contributed by atoms with Crippen molar-refractivity contribution in [3.8, 4) is 0 Å². The van der Waals surface area contributed by atoms with Crippen molar-refractivity contribution in [1.29, 1.82) is 0 Å². The smallest absolute Gasteiger partial charge is 0.262 e. The monoisotopic (exact) mass is 362 g/mol. The molecule has 7 nitrogen and oxygen atoms in total. The second-order valence-electron chi connectivity index (χ2n) is 7.62. The van der Waals surface area contributed by atoms with Gasteiger partial charge in [0.2, 0.25) is 11.9 Å². The Bertz CT molecular complexity index is 1060. The van der Waals surface area contributed by atoms with E-state index in [-0.39, 0.29) is 5.56 Å². The molecule has 2 aliphatic rings. The number of hydrogen-bond acceptors (Lipinski definition) is 6. The molecule has 27 heavy (non-hydrogen) atoms. The molecule has 2 atom stereocenters. The molecule has 7 heteroatoms. The lowest BCUT2D eigenvalue weighted by molar-refractivity contribution is 0.533. The Labute approximate surface area is 157 Å². The molecule has 2 aromatic heterocycles. The first kappa shape index (κ1) is 16.2. The first-order valence-electron chi connectivity index (χ1n) is 9.35. The van der Waals surface area contributed by atoms with Crippen LogP contribution in [0.2, 0.25) is 0 Å². The van der Waals surface area contributed by atoms with Crippen molar-refractivity contribution in [3.63, 3.8) is 0 Å². The normalized spacial score (nSPS) is 21.9. The average molecular weight is 362 g/mol. The number of anilines is 2. The minimum Gasteiger partial charge on any atom is -0.341 e. The molecule has 0 N–H and O–H groups in total. The van der Waals surface area contributed by atoms with Crippen LogP contribution in [0.3, 0.4) is 0 Å². The number of hydrogen-bond donors (Lipinski definition) is 0. The van der Waals surface area contributed by atoms with Crippen molar-refractivity contribution in [2.75, 3.05) is 36.0 Å². The van der Waals surface area contributed by atoms with E-state index in [4.69, 9.17) is 4.98 Å². The lowest BCUT2D eigenvalue weighted by Gasteiger charge is -2.24. The quantitative estimate of drug-likeness (QED) is 0.690. The largest absolute Gasteiger partial charge is 0.341 e. The molecule has 1 aromatic carbocycles. The summed E-state index contributed by atoms with van der Waals surface area (Å²) in [6.45, 7) is 5.71. The molecule has 0 radical (unpaired) electrons. The third kappa shape index (κ3) is 2.65. The summed E-state index contributed by atoms with van der Waals surface area (Å²) < 4.78 is 1.69. The van der Waals surface area contributed by atoms with E-state index < -0.39 is 0 Å². The molecule has 2 fully saturated rings. The Morgan fingerprint density at radius 2 is 1.67 bits per heavy atom. The topological polar surface area (TPSA) is 67.2 Å². The second kappa shape index (κ2) is 6.04. The van der Waals surface area contributed by atoms with Gasteiger partial charge in [0, 0.05) is 57.0 Å². The molecule has 2 unspecified atom stereocenters. The number of fused-ring (bicyclic) bond motifs is 2. The molecule has 0 aliphatic carbocycles. The fraction of sp³-hybridized carbons (Fsp3) is 0.400. The summed E-state index contributed by atoms with van der Waals surface area (Å²) in [5, 5.41) is 0.672. The summed E-state index contributed by atoms with van der Waals surface area (Å²) in [6, 6.07) is 9.49. The minimum absolute atomic E-state index is 0.0162. The third-order valence-corrected chi connectivity index (χ3v) is 5.79. The van der Waals surface area contributed by atoms with E-state index in [2.05, 4.69) is 19.8 Å². The summed E-state index contributed by atoms with van der Waals surface area (Å²) in [5.74, 6) is 2.67. The second-order valence-corrected chi connectivity index (χ2v) is 7.62. The molecular weight excluding hydrogens is 340 g/mol.